The van der Waals surface area contributed by atoms with E-state index in [9.17, 15) is 4.79 Å². The molecule has 0 fully saturated rings. The van der Waals surface area contributed by atoms with Crippen LogP contribution in [-0.2, 0) is 17.6 Å². The Kier molecular flexibility index (Phi) is 3.92. The lowest BCUT2D eigenvalue weighted by molar-refractivity contribution is -0.131. The molecule has 0 atom stereocenters. The molecule has 1 aliphatic carbocycles. The largest absolute Gasteiger partial charge is 0.478 e. The van der Waals surface area contributed by atoms with Gasteiger partial charge in [0.15, 0.2) is 0 Å². The van der Waals surface area contributed by atoms with Gasteiger partial charge in [-0.3, -0.25) is 0 Å². The summed E-state index contributed by atoms with van der Waals surface area (Å²) < 4.78 is 0. The third kappa shape index (κ3) is 2.83. The molecule has 0 aliphatic heterocycles. The second kappa shape index (κ2) is 4.99. The van der Waals surface area contributed by atoms with Gasteiger partial charge in [-0.2, -0.15) is 0 Å². The highest BCUT2D eigenvalue weighted by Crippen LogP contribution is 2.23. The number of hydrogen-bond acceptors (Lipinski definition) is 1. The zero-order valence-corrected chi connectivity index (χ0v) is 9.09. The monoisotopic (exact) mass is 224 g/mol. The highest BCUT2D eigenvalue weighted by atomic mass is 35.5. The van der Waals surface area contributed by atoms with Gasteiger partial charge in [0.1, 0.15) is 0 Å². The van der Waals surface area contributed by atoms with Crippen LogP contribution in [0.15, 0.2) is 24.3 Å². The highest BCUT2D eigenvalue weighted by Gasteiger charge is 2.09. The van der Waals surface area contributed by atoms with E-state index in [1.807, 2.05) is 6.07 Å². The number of halogens is 1. The Bertz CT molecular complexity index is 397. The summed E-state index contributed by atoms with van der Waals surface area (Å²) >= 11 is 0. The lowest BCUT2D eigenvalue weighted by Crippen LogP contribution is -1.87. The number of benzene rings is 1. The fourth-order valence-electron chi connectivity index (χ4n) is 1.86. The first-order valence-corrected chi connectivity index (χ1v) is 4.78. The molecule has 0 saturated carbocycles. The predicted octanol–water partition coefficient (Wildman–Crippen LogP) is 2.69. The first-order valence-electron chi connectivity index (χ1n) is 4.78. The van der Waals surface area contributed by atoms with E-state index in [0.717, 1.165) is 18.4 Å². The molecule has 1 aliphatic rings. The van der Waals surface area contributed by atoms with Crippen LogP contribution in [0.4, 0.5) is 0 Å². The van der Waals surface area contributed by atoms with Crippen molar-refractivity contribution in [1.29, 1.82) is 0 Å². The molecule has 0 saturated heterocycles. The fraction of sp³-hybridized carbons (Fsp3) is 0.250. The van der Waals surface area contributed by atoms with Gasteiger partial charge in [-0.15, -0.1) is 12.4 Å². The Morgan fingerprint density at radius 3 is 2.73 bits per heavy atom. The van der Waals surface area contributed by atoms with E-state index in [1.165, 1.54) is 23.6 Å². The van der Waals surface area contributed by atoms with Crippen molar-refractivity contribution in [3.8, 4) is 0 Å². The van der Waals surface area contributed by atoms with Crippen molar-refractivity contribution in [2.24, 2.45) is 0 Å². The minimum absolute atomic E-state index is 0. The van der Waals surface area contributed by atoms with Crippen LogP contribution < -0.4 is 0 Å². The smallest absolute Gasteiger partial charge is 0.328 e. The van der Waals surface area contributed by atoms with Crippen LogP contribution in [0.3, 0.4) is 0 Å². The quantitative estimate of drug-likeness (QED) is 0.785. The molecule has 1 aromatic rings. The van der Waals surface area contributed by atoms with Crippen molar-refractivity contribution in [2.45, 2.75) is 19.3 Å². The van der Waals surface area contributed by atoms with E-state index < -0.39 is 5.97 Å². The topological polar surface area (TPSA) is 37.3 Å². The average Bonchev–Trinajstić information content (AvgIpc) is 2.61. The molecule has 0 bridgehead atoms. The van der Waals surface area contributed by atoms with Gasteiger partial charge in [-0.25, -0.2) is 4.79 Å². The second-order valence-electron chi connectivity index (χ2n) is 3.55. The number of carboxylic acid groups (broad SMARTS) is 1. The molecule has 0 amide bonds. The lowest BCUT2D eigenvalue weighted by atomic mass is 10.1. The van der Waals surface area contributed by atoms with E-state index in [-0.39, 0.29) is 12.4 Å². The summed E-state index contributed by atoms with van der Waals surface area (Å²) in [6.45, 7) is 0. The Labute approximate surface area is 95.0 Å². The van der Waals surface area contributed by atoms with Crippen LogP contribution >= 0.6 is 12.4 Å². The molecule has 15 heavy (non-hydrogen) atoms. The zero-order valence-electron chi connectivity index (χ0n) is 8.27. The van der Waals surface area contributed by atoms with Crippen LogP contribution in [0.5, 0.6) is 0 Å². The Morgan fingerprint density at radius 2 is 2.00 bits per heavy atom. The van der Waals surface area contributed by atoms with Gasteiger partial charge in [0.05, 0.1) is 0 Å². The molecular formula is C12H13ClO2. The molecule has 3 heteroatoms. The van der Waals surface area contributed by atoms with E-state index in [1.54, 1.807) is 6.08 Å². The summed E-state index contributed by atoms with van der Waals surface area (Å²) in [5.74, 6) is -0.898. The lowest BCUT2D eigenvalue weighted by Gasteiger charge is -1.99. The van der Waals surface area contributed by atoms with Crippen molar-refractivity contribution < 1.29 is 9.90 Å². The van der Waals surface area contributed by atoms with E-state index >= 15 is 0 Å². The molecule has 0 unspecified atom stereocenters. The summed E-state index contributed by atoms with van der Waals surface area (Å²) in [6.07, 6.45) is 6.33. The minimum atomic E-state index is -0.898. The number of carboxylic acids is 1. The molecule has 2 rings (SSSR count). The standard InChI is InChI=1S/C12H12O2.ClH/c13-12(14)7-5-9-4-6-10-2-1-3-11(10)8-9;/h4-8H,1-3H2,(H,13,14);1H/b7-5+;. The molecule has 80 valence electrons. The van der Waals surface area contributed by atoms with Crippen LogP contribution in [0, 0.1) is 0 Å². The number of aryl methyl sites for hydroxylation is 2. The van der Waals surface area contributed by atoms with Crippen molar-refractivity contribution in [3.05, 3.63) is 41.0 Å². The Balaban J connectivity index is 0.00000112. The molecule has 0 aromatic heterocycles. The Hall–Kier alpha value is -1.28. The van der Waals surface area contributed by atoms with Gasteiger partial charge in [0, 0.05) is 6.08 Å². The molecule has 1 aromatic carbocycles. The summed E-state index contributed by atoms with van der Waals surface area (Å²) in [5, 5.41) is 8.48. The molecule has 0 heterocycles. The number of carbonyl (C=O) groups is 1. The summed E-state index contributed by atoms with van der Waals surface area (Å²) in [4.78, 5) is 10.3. The maximum absolute atomic E-state index is 10.3. The van der Waals surface area contributed by atoms with Crippen molar-refractivity contribution >= 4 is 24.5 Å². The normalized spacial score (nSPS) is 13.6. The van der Waals surface area contributed by atoms with Gasteiger partial charge in [-0.05, 0) is 42.0 Å². The molecular weight excluding hydrogens is 212 g/mol. The van der Waals surface area contributed by atoms with Gasteiger partial charge >= 0.3 is 5.97 Å². The van der Waals surface area contributed by atoms with E-state index in [2.05, 4.69) is 12.1 Å². The molecule has 1 N–H and O–H groups in total. The first kappa shape index (κ1) is 11.8. The van der Waals surface area contributed by atoms with Gasteiger partial charge < -0.3 is 5.11 Å². The van der Waals surface area contributed by atoms with E-state index in [0.29, 0.717) is 0 Å². The predicted molar refractivity (Wildman–Crippen MR) is 62.4 cm³/mol. The third-order valence-electron chi connectivity index (χ3n) is 2.54. The van der Waals surface area contributed by atoms with Gasteiger partial charge in [0.25, 0.3) is 0 Å². The van der Waals surface area contributed by atoms with Gasteiger partial charge in [-0.1, -0.05) is 18.2 Å². The number of rotatable bonds is 2. The first-order chi connectivity index (χ1) is 6.75. The summed E-state index contributed by atoms with van der Waals surface area (Å²) in [5.41, 5.74) is 3.77. The number of hydrogen-bond donors (Lipinski definition) is 1. The van der Waals surface area contributed by atoms with Crippen molar-refractivity contribution in [2.75, 3.05) is 0 Å². The second-order valence-corrected chi connectivity index (χ2v) is 3.55. The number of fused-ring (bicyclic) bond motifs is 1. The fourth-order valence-corrected chi connectivity index (χ4v) is 1.86. The van der Waals surface area contributed by atoms with Crippen molar-refractivity contribution in [3.63, 3.8) is 0 Å². The Morgan fingerprint density at radius 1 is 1.27 bits per heavy atom. The van der Waals surface area contributed by atoms with Gasteiger partial charge in [0.2, 0.25) is 0 Å². The van der Waals surface area contributed by atoms with E-state index in [4.69, 9.17) is 5.11 Å². The average molecular weight is 225 g/mol. The van der Waals surface area contributed by atoms with Crippen molar-refractivity contribution in [1.82, 2.24) is 0 Å². The summed E-state index contributed by atoms with van der Waals surface area (Å²) in [6, 6.07) is 6.16. The van der Waals surface area contributed by atoms with Crippen LogP contribution in [0.1, 0.15) is 23.1 Å². The van der Waals surface area contributed by atoms with Crippen LogP contribution in [0.25, 0.3) is 6.08 Å². The van der Waals surface area contributed by atoms with Crippen LogP contribution in [0.2, 0.25) is 0 Å². The molecule has 0 radical (unpaired) electrons. The molecule has 2 nitrogen and oxygen atoms in total. The zero-order chi connectivity index (χ0) is 9.97. The highest BCUT2D eigenvalue weighted by molar-refractivity contribution is 5.85. The third-order valence-corrected chi connectivity index (χ3v) is 2.54. The molecule has 0 spiro atoms. The maximum atomic E-state index is 10.3. The van der Waals surface area contributed by atoms with Crippen LogP contribution in [-0.4, -0.2) is 11.1 Å². The minimum Gasteiger partial charge on any atom is -0.478 e. The number of aliphatic carboxylic acids is 1. The maximum Gasteiger partial charge on any atom is 0.328 e. The SMILES string of the molecule is Cl.O=C(O)/C=C/c1ccc2c(c1)CCC2. The summed E-state index contributed by atoms with van der Waals surface area (Å²) in [7, 11) is 0.